The summed E-state index contributed by atoms with van der Waals surface area (Å²) in [5.74, 6) is 0.246. The minimum Gasteiger partial charge on any atom is -0.480 e. The highest BCUT2D eigenvalue weighted by Gasteiger charge is 2.11. The maximum Gasteiger partial charge on any atom is 0.323 e. The third-order valence-electron chi connectivity index (χ3n) is 1.76. The van der Waals surface area contributed by atoms with Crippen LogP contribution in [-0.2, 0) is 4.79 Å². The molecular formula is C9H14N4O2. The van der Waals surface area contributed by atoms with Crippen LogP contribution in [0.15, 0.2) is 12.4 Å². The van der Waals surface area contributed by atoms with Crippen molar-refractivity contribution in [3.8, 4) is 0 Å². The summed E-state index contributed by atoms with van der Waals surface area (Å²) in [7, 11) is 1.67. The fraction of sp³-hybridized carbons (Fsp3) is 0.444. The number of anilines is 2. The van der Waals surface area contributed by atoms with Gasteiger partial charge < -0.3 is 15.3 Å². The van der Waals surface area contributed by atoms with Gasteiger partial charge in [0.15, 0.2) is 11.6 Å². The van der Waals surface area contributed by atoms with E-state index in [-0.39, 0.29) is 6.54 Å². The molecule has 0 unspecified atom stereocenters. The van der Waals surface area contributed by atoms with Crippen LogP contribution in [0.1, 0.15) is 6.92 Å². The Morgan fingerprint density at radius 3 is 2.80 bits per heavy atom. The first kappa shape index (κ1) is 11.2. The van der Waals surface area contributed by atoms with E-state index < -0.39 is 5.97 Å². The third-order valence-corrected chi connectivity index (χ3v) is 1.76. The van der Waals surface area contributed by atoms with E-state index in [0.717, 1.165) is 0 Å². The minimum absolute atomic E-state index is 0.100. The quantitative estimate of drug-likeness (QED) is 0.733. The smallest absolute Gasteiger partial charge is 0.323 e. The summed E-state index contributed by atoms with van der Waals surface area (Å²) < 4.78 is 0. The van der Waals surface area contributed by atoms with Gasteiger partial charge in [0.1, 0.15) is 6.54 Å². The van der Waals surface area contributed by atoms with Gasteiger partial charge in [-0.2, -0.15) is 0 Å². The Bertz CT molecular complexity index is 343. The van der Waals surface area contributed by atoms with Gasteiger partial charge in [0.2, 0.25) is 0 Å². The summed E-state index contributed by atoms with van der Waals surface area (Å²) in [6, 6.07) is 0. The van der Waals surface area contributed by atoms with Gasteiger partial charge in [-0.1, -0.05) is 0 Å². The molecule has 0 fully saturated rings. The number of nitrogens with one attached hydrogen (secondary N) is 1. The highest BCUT2D eigenvalue weighted by molar-refractivity contribution is 5.75. The van der Waals surface area contributed by atoms with Gasteiger partial charge in [-0.3, -0.25) is 4.79 Å². The van der Waals surface area contributed by atoms with Crippen LogP contribution in [0, 0.1) is 0 Å². The Kier molecular flexibility index (Phi) is 3.84. The molecule has 15 heavy (non-hydrogen) atoms. The first-order valence-electron chi connectivity index (χ1n) is 4.63. The number of hydrogen-bond acceptors (Lipinski definition) is 5. The molecule has 6 heteroatoms. The predicted molar refractivity (Wildman–Crippen MR) is 57.1 cm³/mol. The normalized spacial score (nSPS) is 9.73. The zero-order chi connectivity index (χ0) is 11.3. The summed E-state index contributed by atoms with van der Waals surface area (Å²) in [6.07, 6.45) is 3.10. The molecule has 2 N–H and O–H groups in total. The van der Waals surface area contributed by atoms with Crippen molar-refractivity contribution >= 4 is 17.6 Å². The van der Waals surface area contributed by atoms with Crippen molar-refractivity contribution in [3.05, 3.63) is 12.4 Å². The number of nitrogens with zero attached hydrogens (tertiary/aromatic N) is 3. The molecule has 82 valence electrons. The first-order chi connectivity index (χ1) is 7.15. The van der Waals surface area contributed by atoms with Crippen molar-refractivity contribution in [2.24, 2.45) is 0 Å². The molecule has 0 saturated heterocycles. The van der Waals surface area contributed by atoms with Crippen molar-refractivity contribution in [3.63, 3.8) is 0 Å². The Morgan fingerprint density at radius 2 is 2.20 bits per heavy atom. The number of carbonyl (C=O) groups is 1. The fourth-order valence-electron chi connectivity index (χ4n) is 1.18. The molecule has 0 spiro atoms. The largest absolute Gasteiger partial charge is 0.480 e. The van der Waals surface area contributed by atoms with Crippen LogP contribution >= 0.6 is 0 Å². The van der Waals surface area contributed by atoms with E-state index in [2.05, 4.69) is 15.3 Å². The molecule has 0 saturated carbocycles. The lowest BCUT2D eigenvalue weighted by molar-refractivity contribution is -0.135. The number of aliphatic carboxylic acids is 1. The Hall–Kier alpha value is -1.85. The maximum absolute atomic E-state index is 10.5. The molecule has 0 amide bonds. The van der Waals surface area contributed by atoms with Crippen molar-refractivity contribution in [2.45, 2.75) is 6.92 Å². The lowest BCUT2D eigenvalue weighted by Gasteiger charge is -2.18. The van der Waals surface area contributed by atoms with Gasteiger partial charge in [0, 0.05) is 26.0 Å². The molecular weight excluding hydrogens is 196 g/mol. The summed E-state index contributed by atoms with van der Waals surface area (Å²) in [5, 5.41) is 11.7. The van der Waals surface area contributed by atoms with Crippen molar-refractivity contribution < 1.29 is 9.90 Å². The van der Waals surface area contributed by atoms with Crippen LogP contribution in [0.25, 0.3) is 0 Å². The molecule has 1 aromatic heterocycles. The van der Waals surface area contributed by atoms with Crippen molar-refractivity contribution in [1.29, 1.82) is 0 Å². The number of carboxylic acid groups (broad SMARTS) is 1. The van der Waals surface area contributed by atoms with Gasteiger partial charge in [0.25, 0.3) is 0 Å². The van der Waals surface area contributed by atoms with Gasteiger partial charge in [-0.25, -0.2) is 9.97 Å². The highest BCUT2D eigenvalue weighted by Crippen LogP contribution is 2.17. The zero-order valence-corrected chi connectivity index (χ0v) is 8.77. The van der Waals surface area contributed by atoms with Crippen LogP contribution in [-0.4, -0.2) is 41.2 Å². The molecule has 0 radical (unpaired) electrons. The summed E-state index contributed by atoms with van der Waals surface area (Å²) in [4.78, 5) is 20.3. The second-order valence-corrected chi connectivity index (χ2v) is 3.01. The van der Waals surface area contributed by atoms with Gasteiger partial charge in [-0.05, 0) is 6.92 Å². The topological polar surface area (TPSA) is 78.4 Å². The lowest BCUT2D eigenvalue weighted by Crippen LogP contribution is -2.27. The second kappa shape index (κ2) is 5.14. The Labute approximate surface area is 88.0 Å². The first-order valence-corrected chi connectivity index (χ1v) is 4.63. The molecule has 1 aromatic rings. The zero-order valence-electron chi connectivity index (χ0n) is 8.77. The Morgan fingerprint density at radius 1 is 1.53 bits per heavy atom. The van der Waals surface area contributed by atoms with E-state index in [4.69, 9.17) is 5.11 Å². The molecule has 6 nitrogen and oxygen atoms in total. The molecule has 0 bridgehead atoms. The van der Waals surface area contributed by atoms with E-state index in [1.807, 2.05) is 6.92 Å². The molecule has 0 aliphatic rings. The van der Waals surface area contributed by atoms with E-state index in [1.165, 1.54) is 11.1 Å². The van der Waals surface area contributed by atoms with Gasteiger partial charge in [0.05, 0.1) is 0 Å². The number of hydrogen-bond donors (Lipinski definition) is 2. The maximum atomic E-state index is 10.5. The molecule has 0 atom stereocenters. The number of rotatable bonds is 5. The number of aromatic nitrogens is 2. The van der Waals surface area contributed by atoms with Crippen molar-refractivity contribution in [1.82, 2.24) is 9.97 Å². The minimum atomic E-state index is -0.898. The third kappa shape index (κ3) is 3.08. The molecule has 0 aromatic carbocycles. The Balaban J connectivity index is 2.86. The number of likely N-dealkylation sites (N-methyl/N-ethyl adjacent to an activating group) is 1. The van der Waals surface area contributed by atoms with Crippen molar-refractivity contribution in [2.75, 3.05) is 30.4 Å². The van der Waals surface area contributed by atoms with E-state index >= 15 is 0 Å². The van der Waals surface area contributed by atoms with Crippen LogP contribution < -0.4 is 10.2 Å². The highest BCUT2D eigenvalue weighted by atomic mass is 16.4. The standard InChI is InChI=1S/C9H14N4O2/c1-3-10-8-9(12-5-4-11-8)13(2)6-7(14)15/h4-5H,3,6H2,1-2H3,(H,10,11)(H,14,15). The van der Waals surface area contributed by atoms with E-state index in [0.29, 0.717) is 18.2 Å². The summed E-state index contributed by atoms with van der Waals surface area (Å²) in [6.45, 7) is 2.55. The lowest BCUT2D eigenvalue weighted by atomic mass is 10.4. The molecule has 0 aliphatic carbocycles. The summed E-state index contributed by atoms with van der Waals surface area (Å²) >= 11 is 0. The predicted octanol–water partition coefficient (Wildman–Crippen LogP) is 0.429. The van der Waals surface area contributed by atoms with Crippen LogP contribution in [0.3, 0.4) is 0 Å². The average Bonchev–Trinajstić information content (AvgIpc) is 2.18. The van der Waals surface area contributed by atoms with Crippen LogP contribution in [0.2, 0.25) is 0 Å². The van der Waals surface area contributed by atoms with Gasteiger partial charge >= 0.3 is 5.97 Å². The van der Waals surface area contributed by atoms with E-state index in [9.17, 15) is 4.79 Å². The molecule has 1 heterocycles. The molecule has 1 rings (SSSR count). The SMILES string of the molecule is CCNc1nccnc1N(C)CC(=O)O. The van der Waals surface area contributed by atoms with E-state index in [1.54, 1.807) is 13.2 Å². The summed E-state index contributed by atoms with van der Waals surface area (Å²) in [5.41, 5.74) is 0. The van der Waals surface area contributed by atoms with Crippen LogP contribution in [0.5, 0.6) is 0 Å². The van der Waals surface area contributed by atoms with Gasteiger partial charge in [-0.15, -0.1) is 0 Å². The van der Waals surface area contributed by atoms with Crippen LogP contribution in [0.4, 0.5) is 11.6 Å². The second-order valence-electron chi connectivity index (χ2n) is 3.01. The molecule has 0 aliphatic heterocycles. The number of carboxylic acids is 1. The fourth-order valence-corrected chi connectivity index (χ4v) is 1.18. The monoisotopic (exact) mass is 210 g/mol. The average molecular weight is 210 g/mol.